The summed E-state index contributed by atoms with van der Waals surface area (Å²) in [4.78, 5) is 1.16. The Balaban J connectivity index is 2.15. The number of nitrogens with two attached hydrogens (primary N) is 1. The van der Waals surface area contributed by atoms with Gasteiger partial charge in [-0.15, -0.1) is 11.8 Å². The quantitative estimate of drug-likeness (QED) is 0.843. The van der Waals surface area contributed by atoms with Crippen LogP contribution in [0.4, 0.5) is 0 Å². The highest BCUT2D eigenvalue weighted by Crippen LogP contribution is 2.29. The maximum Gasteiger partial charge on any atom is 0.125 e. The predicted molar refractivity (Wildman–Crippen MR) is 81.9 cm³/mol. The average molecular weight is 294 g/mol. The molecule has 0 fully saturated rings. The van der Waals surface area contributed by atoms with Crippen LogP contribution in [-0.2, 0) is 13.2 Å². The number of halogens is 1. The molecule has 0 aliphatic heterocycles. The van der Waals surface area contributed by atoms with Gasteiger partial charge in [0.2, 0.25) is 0 Å². The van der Waals surface area contributed by atoms with E-state index in [0.29, 0.717) is 13.2 Å². The van der Waals surface area contributed by atoms with Gasteiger partial charge in [0.05, 0.1) is 0 Å². The topological polar surface area (TPSA) is 35.2 Å². The van der Waals surface area contributed by atoms with Gasteiger partial charge in [0.25, 0.3) is 0 Å². The molecule has 19 heavy (non-hydrogen) atoms. The molecule has 2 N–H and O–H groups in total. The first-order chi connectivity index (χ1) is 9.24. The molecule has 0 heterocycles. The maximum atomic E-state index is 5.95. The molecule has 0 saturated carbocycles. The second-order valence-corrected chi connectivity index (χ2v) is 5.34. The summed E-state index contributed by atoms with van der Waals surface area (Å²) in [6, 6.07) is 13.7. The van der Waals surface area contributed by atoms with E-state index in [9.17, 15) is 0 Å². The molecule has 0 bridgehead atoms. The molecular formula is C15H16ClNOS. The molecule has 0 radical (unpaired) electrons. The van der Waals surface area contributed by atoms with Crippen LogP contribution in [0.1, 0.15) is 11.1 Å². The molecule has 2 rings (SSSR count). The number of rotatable bonds is 5. The first kappa shape index (κ1) is 14.3. The Morgan fingerprint density at radius 1 is 1.21 bits per heavy atom. The number of benzene rings is 2. The first-order valence-corrected chi connectivity index (χ1v) is 7.58. The fourth-order valence-corrected chi connectivity index (χ4v) is 2.72. The highest BCUT2D eigenvalue weighted by atomic mass is 35.5. The van der Waals surface area contributed by atoms with Crippen molar-refractivity contribution in [3.8, 4) is 5.75 Å². The van der Waals surface area contributed by atoms with Crippen LogP contribution in [0.15, 0.2) is 47.4 Å². The molecule has 0 spiro atoms. The second kappa shape index (κ2) is 6.85. The van der Waals surface area contributed by atoms with Crippen molar-refractivity contribution in [2.45, 2.75) is 18.0 Å². The molecule has 0 unspecified atom stereocenters. The number of thioether (sulfide) groups is 1. The van der Waals surface area contributed by atoms with E-state index in [0.717, 1.165) is 26.8 Å². The summed E-state index contributed by atoms with van der Waals surface area (Å²) in [5, 5.41) is 0.720. The Labute approximate surface area is 122 Å². The highest BCUT2D eigenvalue weighted by molar-refractivity contribution is 7.98. The summed E-state index contributed by atoms with van der Waals surface area (Å²) < 4.78 is 5.86. The monoisotopic (exact) mass is 293 g/mol. The Bertz CT molecular complexity index is 560. The molecule has 100 valence electrons. The standard InChI is InChI=1S/C15H16ClNOS/c1-19-15-7-3-6-14(13(15)9-17)18-10-11-4-2-5-12(16)8-11/h2-8H,9-10,17H2,1H3. The number of hydrogen-bond donors (Lipinski definition) is 1. The fourth-order valence-electron chi connectivity index (χ4n) is 1.86. The first-order valence-electron chi connectivity index (χ1n) is 5.97. The number of hydrogen-bond acceptors (Lipinski definition) is 3. The molecule has 2 aromatic rings. The van der Waals surface area contributed by atoms with E-state index in [1.165, 1.54) is 0 Å². The van der Waals surface area contributed by atoms with Crippen molar-refractivity contribution in [3.63, 3.8) is 0 Å². The van der Waals surface area contributed by atoms with Crippen molar-refractivity contribution in [1.29, 1.82) is 0 Å². The van der Waals surface area contributed by atoms with E-state index in [1.54, 1.807) is 11.8 Å². The summed E-state index contributed by atoms with van der Waals surface area (Å²) in [6.45, 7) is 0.966. The van der Waals surface area contributed by atoms with Crippen molar-refractivity contribution in [2.24, 2.45) is 5.73 Å². The van der Waals surface area contributed by atoms with E-state index in [-0.39, 0.29) is 0 Å². The SMILES string of the molecule is CSc1cccc(OCc2cccc(Cl)c2)c1CN. The van der Waals surface area contributed by atoms with Gasteiger partial charge in [0.15, 0.2) is 0 Å². The Kier molecular flexibility index (Phi) is 5.14. The summed E-state index contributed by atoms with van der Waals surface area (Å²) in [5.74, 6) is 0.842. The minimum atomic E-state index is 0.474. The molecular weight excluding hydrogens is 278 g/mol. The molecule has 0 aliphatic carbocycles. The summed E-state index contributed by atoms with van der Waals surface area (Å²) in [5.41, 5.74) is 7.90. The Hall–Kier alpha value is -1.16. The summed E-state index contributed by atoms with van der Waals surface area (Å²) in [7, 11) is 0. The van der Waals surface area contributed by atoms with Crippen LogP contribution < -0.4 is 10.5 Å². The van der Waals surface area contributed by atoms with Crippen molar-refractivity contribution in [1.82, 2.24) is 0 Å². The molecule has 0 aliphatic rings. The van der Waals surface area contributed by atoms with Crippen molar-refractivity contribution >= 4 is 23.4 Å². The smallest absolute Gasteiger partial charge is 0.125 e. The van der Waals surface area contributed by atoms with E-state index in [1.807, 2.05) is 42.7 Å². The van der Waals surface area contributed by atoms with E-state index in [4.69, 9.17) is 22.1 Å². The molecule has 2 aromatic carbocycles. The van der Waals surface area contributed by atoms with E-state index in [2.05, 4.69) is 6.07 Å². The average Bonchev–Trinajstić information content (AvgIpc) is 2.44. The zero-order valence-corrected chi connectivity index (χ0v) is 12.3. The second-order valence-electron chi connectivity index (χ2n) is 4.06. The van der Waals surface area contributed by atoms with Crippen molar-refractivity contribution < 1.29 is 4.74 Å². The van der Waals surface area contributed by atoms with Crippen molar-refractivity contribution in [2.75, 3.05) is 6.26 Å². The summed E-state index contributed by atoms with van der Waals surface area (Å²) >= 11 is 7.63. The third kappa shape index (κ3) is 3.66. The van der Waals surface area contributed by atoms with Gasteiger partial charge >= 0.3 is 0 Å². The van der Waals surface area contributed by atoms with Gasteiger partial charge in [0, 0.05) is 22.0 Å². The van der Waals surface area contributed by atoms with E-state index >= 15 is 0 Å². The van der Waals surface area contributed by atoms with Crippen LogP contribution >= 0.6 is 23.4 Å². The van der Waals surface area contributed by atoms with Crippen LogP contribution in [0.2, 0.25) is 5.02 Å². The lowest BCUT2D eigenvalue weighted by atomic mass is 10.2. The molecule has 0 saturated heterocycles. The number of ether oxygens (including phenoxy) is 1. The lowest BCUT2D eigenvalue weighted by Crippen LogP contribution is -2.04. The largest absolute Gasteiger partial charge is 0.489 e. The van der Waals surface area contributed by atoms with Gasteiger partial charge in [0.1, 0.15) is 12.4 Å². The lowest BCUT2D eigenvalue weighted by molar-refractivity contribution is 0.302. The molecule has 2 nitrogen and oxygen atoms in total. The minimum Gasteiger partial charge on any atom is -0.489 e. The fraction of sp³-hybridized carbons (Fsp3) is 0.200. The van der Waals surface area contributed by atoms with E-state index < -0.39 is 0 Å². The van der Waals surface area contributed by atoms with Gasteiger partial charge in [-0.05, 0) is 36.1 Å². The van der Waals surface area contributed by atoms with Gasteiger partial charge in [-0.3, -0.25) is 0 Å². The third-order valence-corrected chi connectivity index (χ3v) is 3.85. The lowest BCUT2D eigenvalue weighted by Gasteiger charge is -2.13. The minimum absolute atomic E-state index is 0.474. The predicted octanol–water partition coefficient (Wildman–Crippen LogP) is 4.10. The normalized spacial score (nSPS) is 10.5. The molecule has 0 atom stereocenters. The van der Waals surface area contributed by atoms with Crippen molar-refractivity contribution in [3.05, 3.63) is 58.6 Å². The van der Waals surface area contributed by atoms with Crippen LogP contribution in [0, 0.1) is 0 Å². The zero-order chi connectivity index (χ0) is 13.7. The van der Waals surface area contributed by atoms with Gasteiger partial charge in [-0.25, -0.2) is 0 Å². The van der Waals surface area contributed by atoms with Gasteiger partial charge in [-0.2, -0.15) is 0 Å². The maximum absolute atomic E-state index is 5.95. The zero-order valence-electron chi connectivity index (χ0n) is 10.7. The molecule has 0 aromatic heterocycles. The molecule has 4 heteroatoms. The Morgan fingerprint density at radius 2 is 2.00 bits per heavy atom. The van der Waals surface area contributed by atoms with Crippen LogP contribution in [0.3, 0.4) is 0 Å². The highest BCUT2D eigenvalue weighted by Gasteiger charge is 2.07. The van der Waals surface area contributed by atoms with Crippen LogP contribution in [0.5, 0.6) is 5.75 Å². The van der Waals surface area contributed by atoms with Gasteiger partial charge < -0.3 is 10.5 Å². The van der Waals surface area contributed by atoms with Gasteiger partial charge in [-0.1, -0.05) is 29.8 Å². The van der Waals surface area contributed by atoms with Crippen LogP contribution in [0.25, 0.3) is 0 Å². The summed E-state index contributed by atoms with van der Waals surface area (Å²) in [6.07, 6.45) is 2.04. The Morgan fingerprint density at radius 3 is 2.68 bits per heavy atom. The molecule has 0 amide bonds. The van der Waals surface area contributed by atoms with Crippen LogP contribution in [-0.4, -0.2) is 6.26 Å². The third-order valence-electron chi connectivity index (χ3n) is 2.80.